The molecule has 0 radical (unpaired) electrons. The fourth-order valence-corrected chi connectivity index (χ4v) is 5.51. The summed E-state index contributed by atoms with van der Waals surface area (Å²) in [6.45, 7) is 11.2. The van der Waals surface area contributed by atoms with E-state index in [9.17, 15) is 9.59 Å². The highest BCUT2D eigenvalue weighted by atomic mass is 16.5. The van der Waals surface area contributed by atoms with Crippen LogP contribution >= 0.6 is 0 Å². The van der Waals surface area contributed by atoms with E-state index in [1.165, 1.54) is 0 Å². The molecule has 1 aromatic heterocycles. The summed E-state index contributed by atoms with van der Waals surface area (Å²) in [6, 6.07) is 9.82. The number of carbonyl (C=O) groups is 2. The van der Waals surface area contributed by atoms with Gasteiger partial charge in [0.25, 0.3) is 5.91 Å². The molecule has 3 heterocycles. The third-order valence-electron chi connectivity index (χ3n) is 7.28. The zero-order chi connectivity index (χ0) is 24.4. The molecule has 4 rings (SSSR count). The van der Waals surface area contributed by atoms with Crippen LogP contribution < -0.4 is 15.5 Å². The van der Waals surface area contributed by atoms with E-state index in [4.69, 9.17) is 4.74 Å². The molecule has 34 heavy (non-hydrogen) atoms. The Labute approximate surface area is 202 Å². The predicted octanol–water partition coefficient (Wildman–Crippen LogP) is 4.54. The number of nitrogens with one attached hydrogen (secondary N) is 2. The molecule has 0 spiro atoms. The number of benzene rings is 1. The lowest BCUT2D eigenvalue weighted by Crippen LogP contribution is -2.50. The average molecular weight is 465 g/mol. The largest absolute Gasteiger partial charge is 0.381 e. The van der Waals surface area contributed by atoms with Crippen molar-refractivity contribution in [2.45, 2.75) is 72.0 Å². The number of amides is 2. The summed E-state index contributed by atoms with van der Waals surface area (Å²) >= 11 is 0. The van der Waals surface area contributed by atoms with Crippen LogP contribution in [0, 0.1) is 19.8 Å². The van der Waals surface area contributed by atoms with Crippen LogP contribution in [0.25, 0.3) is 0 Å². The first-order valence-corrected chi connectivity index (χ1v) is 12.3. The fraction of sp³-hybridized carbons (Fsp3) is 0.519. The Morgan fingerprint density at radius 1 is 1.15 bits per heavy atom. The third-order valence-corrected chi connectivity index (χ3v) is 7.28. The molecular formula is C27H36N4O3. The molecule has 7 heteroatoms. The van der Waals surface area contributed by atoms with Crippen molar-refractivity contribution in [2.75, 3.05) is 23.4 Å². The van der Waals surface area contributed by atoms with Gasteiger partial charge in [0.1, 0.15) is 5.82 Å². The molecular weight excluding hydrogens is 428 g/mol. The molecule has 182 valence electrons. The Kier molecular flexibility index (Phi) is 7.22. The molecule has 0 aliphatic carbocycles. The fourth-order valence-electron chi connectivity index (χ4n) is 5.51. The summed E-state index contributed by atoms with van der Waals surface area (Å²) in [6.07, 6.45) is 2.49. The van der Waals surface area contributed by atoms with Gasteiger partial charge in [-0.3, -0.25) is 9.59 Å². The van der Waals surface area contributed by atoms with Gasteiger partial charge in [0.15, 0.2) is 0 Å². The highest BCUT2D eigenvalue weighted by molar-refractivity contribution is 5.99. The van der Waals surface area contributed by atoms with E-state index in [1.807, 2.05) is 49.1 Å². The molecule has 1 fully saturated rings. The van der Waals surface area contributed by atoms with Crippen LogP contribution in [0.3, 0.4) is 0 Å². The van der Waals surface area contributed by atoms with E-state index >= 15 is 0 Å². The Balaban J connectivity index is 1.77. The maximum atomic E-state index is 13.3. The summed E-state index contributed by atoms with van der Waals surface area (Å²) in [5, 5.41) is 6.83. The van der Waals surface area contributed by atoms with Gasteiger partial charge in [-0.25, -0.2) is 4.98 Å². The molecule has 2 amide bonds. The summed E-state index contributed by atoms with van der Waals surface area (Å²) < 4.78 is 5.43. The van der Waals surface area contributed by atoms with E-state index < -0.39 is 0 Å². The molecule has 2 aromatic rings. The molecule has 7 nitrogen and oxygen atoms in total. The van der Waals surface area contributed by atoms with E-state index in [2.05, 4.69) is 29.5 Å². The number of anilines is 2. The maximum Gasteiger partial charge on any atom is 0.251 e. The van der Waals surface area contributed by atoms with Crippen molar-refractivity contribution in [3.63, 3.8) is 0 Å². The number of pyridine rings is 1. The number of fused-ring (bicyclic) bond motifs is 1. The van der Waals surface area contributed by atoms with Crippen LogP contribution in [0.15, 0.2) is 30.3 Å². The van der Waals surface area contributed by atoms with Crippen LogP contribution in [0.5, 0.6) is 0 Å². The monoisotopic (exact) mass is 464 g/mol. The lowest BCUT2D eigenvalue weighted by molar-refractivity contribution is -0.117. The number of hydrogen-bond donors (Lipinski definition) is 2. The molecule has 2 unspecified atom stereocenters. The molecule has 3 atom stereocenters. The lowest BCUT2D eigenvalue weighted by Gasteiger charge is -2.46. The first kappa shape index (κ1) is 24.2. The van der Waals surface area contributed by atoms with Crippen LogP contribution in [0.1, 0.15) is 73.3 Å². The van der Waals surface area contributed by atoms with Gasteiger partial charge in [0, 0.05) is 60.6 Å². The Morgan fingerprint density at radius 2 is 1.88 bits per heavy atom. The minimum atomic E-state index is -0.0827. The minimum Gasteiger partial charge on any atom is -0.381 e. The van der Waals surface area contributed by atoms with Crippen molar-refractivity contribution in [1.29, 1.82) is 0 Å². The molecule has 1 saturated heterocycles. The Bertz CT molecular complexity index is 1060. The number of carbonyl (C=O) groups excluding carboxylic acids is 2. The maximum absolute atomic E-state index is 13.3. The SMILES string of the molecule is CC[C@H]1C(C)C(Nc2cccc(C)n2)c2c(ccc(C(=O)NC3CCOCC3)c2C)N1C(C)=O. The second-order valence-electron chi connectivity index (χ2n) is 9.54. The number of aromatic nitrogens is 1. The number of aryl methyl sites for hydroxylation is 1. The molecule has 1 aromatic carbocycles. The predicted molar refractivity (Wildman–Crippen MR) is 134 cm³/mol. The van der Waals surface area contributed by atoms with Gasteiger partial charge >= 0.3 is 0 Å². The van der Waals surface area contributed by atoms with E-state index in [1.54, 1.807) is 6.92 Å². The van der Waals surface area contributed by atoms with Gasteiger partial charge in [-0.1, -0.05) is 19.9 Å². The van der Waals surface area contributed by atoms with Gasteiger partial charge < -0.3 is 20.3 Å². The van der Waals surface area contributed by atoms with Crippen LogP contribution in [0.2, 0.25) is 0 Å². The third kappa shape index (κ3) is 4.67. The van der Waals surface area contributed by atoms with Crippen molar-refractivity contribution in [1.82, 2.24) is 10.3 Å². The summed E-state index contributed by atoms with van der Waals surface area (Å²) in [4.78, 5) is 32.6. The van der Waals surface area contributed by atoms with Gasteiger partial charge in [-0.15, -0.1) is 0 Å². The van der Waals surface area contributed by atoms with Crippen molar-refractivity contribution in [3.8, 4) is 0 Å². The van der Waals surface area contributed by atoms with Crippen molar-refractivity contribution in [2.24, 2.45) is 5.92 Å². The van der Waals surface area contributed by atoms with E-state index in [-0.39, 0.29) is 35.9 Å². The number of ether oxygens (including phenoxy) is 1. The number of nitrogens with zero attached hydrogens (tertiary/aromatic N) is 2. The highest BCUT2D eigenvalue weighted by Gasteiger charge is 2.41. The topological polar surface area (TPSA) is 83.6 Å². The normalized spacial score (nSPS) is 22.7. The zero-order valence-electron chi connectivity index (χ0n) is 20.9. The Hall–Kier alpha value is -2.93. The van der Waals surface area contributed by atoms with Gasteiger partial charge in [0.05, 0.1) is 6.04 Å². The molecule has 2 N–H and O–H groups in total. The van der Waals surface area contributed by atoms with E-state index in [0.717, 1.165) is 47.6 Å². The molecule has 2 aliphatic heterocycles. The van der Waals surface area contributed by atoms with Crippen molar-refractivity contribution >= 4 is 23.3 Å². The quantitative estimate of drug-likeness (QED) is 0.679. The van der Waals surface area contributed by atoms with E-state index in [0.29, 0.717) is 18.8 Å². The Morgan fingerprint density at radius 3 is 2.53 bits per heavy atom. The smallest absolute Gasteiger partial charge is 0.251 e. The number of rotatable bonds is 5. The second kappa shape index (κ2) is 10.1. The van der Waals surface area contributed by atoms with Crippen LogP contribution in [-0.2, 0) is 9.53 Å². The summed E-state index contributed by atoms with van der Waals surface area (Å²) in [5.74, 6) is 0.867. The molecule has 0 saturated carbocycles. The zero-order valence-corrected chi connectivity index (χ0v) is 20.9. The van der Waals surface area contributed by atoms with Crippen molar-refractivity contribution < 1.29 is 14.3 Å². The van der Waals surface area contributed by atoms with Gasteiger partial charge in [0.2, 0.25) is 5.91 Å². The lowest BCUT2D eigenvalue weighted by atomic mass is 9.78. The average Bonchev–Trinajstić information content (AvgIpc) is 2.81. The van der Waals surface area contributed by atoms with Crippen molar-refractivity contribution in [3.05, 3.63) is 52.7 Å². The minimum absolute atomic E-state index is 0.0193. The highest BCUT2D eigenvalue weighted by Crippen LogP contribution is 2.45. The number of hydrogen-bond acceptors (Lipinski definition) is 5. The summed E-state index contributed by atoms with van der Waals surface area (Å²) in [5.41, 5.74) is 4.37. The molecule has 0 bridgehead atoms. The molecule has 2 aliphatic rings. The first-order chi connectivity index (χ1) is 16.3. The standard InChI is InChI=1S/C27H36N4O3/c1-6-22-18(4)26(30-24-9-7-8-16(2)28-24)25-17(3)21(10-11-23(25)31(22)19(5)32)27(33)29-20-12-14-34-15-13-20/h7-11,18,20,22,26H,6,12-15H2,1-5H3,(H,28,30)(H,29,33)/t18?,22-,26?/m0/s1. The second-order valence-corrected chi connectivity index (χ2v) is 9.54. The van der Waals surface area contributed by atoms with Crippen LogP contribution in [0.4, 0.5) is 11.5 Å². The van der Waals surface area contributed by atoms with Crippen LogP contribution in [-0.4, -0.2) is 42.1 Å². The van der Waals surface area contributed by atoms with Gasteiger partial charge in [-0.05, 0) is 62.9 Å². The van der Waals surface area contributed by atoms with Gasteiger partial charge in [-0.2, -0.15) is 0 Å². The first-order valence-electron chi connectivity index (χ1n) is 12.3. The summed E-state index contributed by atoms with van der Waals surface area (Å²) in [7, 11) is 0.